The number of ether oxygens (including phenoxy) is 1. The minimum Gasteiger partial charge on any atom is -0.381 e. The van der Waals surface area contributed by atoms with E-state index in [4.69, 9.17) is 4.74 Å². The van der Waals surface area contributed by atoms with E-state index in [2.05, 4.69) is 27.9 Å². The second-order valence-corrected chi connectivity index (χ2v) is 5.76. The quantitative estimate of drug-likeness (QED) is 0.844. The highest BCUT2D eigenvalue weighted by Crippen LogP contribution is 2.22. The standard InChI is InChI=1S/C14H19BrFNO/c1-17(9-11-5-7-18-8-6-11)10-12-3-2-4-13(16)14(12)15/h2-4,11H,5-10H2,1H3. The third-order valence-electron chi connectivity index (χ3n) is 3.38. The lowest BCUT2D eigenvalue weighted by atomic mass is 10.00. The molecule has 18 heavy (non-hydrogen) atoms. The second-order valence-electron chi connectivity index (χ2n) is 4.97. The molecule has 1 heterocycles. The molecule has 0 N–H and O–H groups in total. The fourth-order valence-corrected chi connectivity index (χ4v) is 2.79. The van der Waals surface area contributed by atoms with Gasteiger partial charge in [0.1, 0.15) is 5.82 Å². The summed E-state index contributed by atoms with van der Waals surface area (Å²) in [7, 11) is 2.09. The van der Waals surface area contributed by atoms with Crippen LogP contribution >= 0.6 is 15.9 Å². The number of nitrogens with zero attached hydrogens (tertiary/aromatic N) is 1. The van der Waals surface area contributed by atoms with Crippen LogP contribution < -0.4 is 0 Å². The van der Waals surface area contributed by atoms with Gasteiger partial charge in [0, 0.05) is 26.3 Å². The molecule has 0 aliphatic carbocycles. The summed E-state index contributed by atoms with van der Waals surface area (Å²) in [5.41, 5.74) is 1.00. The molecule has 0 saturated carbocycles. The maximum Gasteiger partial charge on any atom is 0.137 e. The van der Waals surface area contributed by atoms with Crippen molar-refractivity contribution in [1.82, 2.24) is 4.90 Å². The van der Waals surface area contributed by atoms with Gasteiger partial charge in [-0.2, -0.15) is 0 Å². The first-order chi connectivity index (χ1) is 8.66. The molecule has 1 aliphatic heterocycles. The summed E-state index contributed by atoms with van der Waals surface area (Å²) in [6.07, 6.45) is 2.27. The molecule has 0 aromatic heterocycles. The molecule has 100 valence electrons. The molecule has 0 unspecified atom stereocenters. The second kappa shape index (κ2) is 6.64. The predicted octanol–water partition coefficient (Wildman–Crippen LogP) is 3.45. The van der Waals surface area contributed by atoms with Crippen molar-refractivity contribution in [2.45, 2.75) is 19.4 Å². The zero-order valence-corrected chi connectivity index (χ0v) is 12.2. The third kappa shape index (κ3) is 3.77. The first-order valence-electron chi connectivity index (χ1n) is 6.36. The largest absolute Gasteiger partial charge is 0.381 e. The molecule has 1 saturated heterocycles. The number of rotatable bonds is 4. The number of hydrogen-bond donors (Lipinski definition) is 0. The Morgan fingerprint density at radius 1 is 1.39 bits per heavy atom. The van der Waals surface area contributed by atoms with Gasteiger partial charge in [0.15, 0.2) is 0 Å². The van der Waals surface area contributed by atoms with Crippen LogP contribution in [0.3, 0.4) is 0 Å². The maximum atomic E-state index is 13.4. The van der Waals surface area contributed by atoms with Crippen LogP contribution in [0, 0.1) is 11.7 Å². The molecule has 1 fully saturated rings. The van der Waals surface area contributed by atoms with Gasteiger partial charge < -0.3 is 9.64 Å². The summed E-state index contributed by atoms with van der Waals surface area (Å²) in [5, 5.41) is 0. The first kappa shape index (κ1) is 14.0. The van der Waals surface area contributed by atoms with Crippen molar-refractivity contribution in [3.63, 3.8) is 0 Å². The molecule has 0 radical (unpaired) electrons. The Bertz CT molecular complexity index is 393. The fourth-order valence-electron chi connectivity index (χ4n) is 2.40. The van der Waals surface area contributed by atoms with Gasteiger partial charge in [-0.3, -0.25) is 0 Å². The van der Waals surface area contributed by atoms with Crippen molar-refractivity contribution in [2.75, 3.05) is 26.8 Å². The average Bonchev–Trinajstić information content (AvgIpc) is 2.36. The summed E-state index contributed by atoms with van der Waals surface area (Å²) >= 11 is 3.31. The molecule has 0 amide bonds. The number of halogens is 2. The molecule has 2 nitrogen and oxygen atoms in total. The molecule has 4 heteroatoms. The maximum absolute atomic E-state index is 13.4. The molecule has 2 rings (SSSR count). The smallest absolute Gasteiger partial charge is 0.137 e. The van der Waals surface area contributed by atoms with Crippen LogP contribution in [-0.4, -0.2) is 31.7 Å². The van der Waals surface area contributed by atoms with E-state index in [-0.39, 0.29) is 5.82 Å². The number of hydrogen-bond acceptors (Lipinski definition) is 2. The van der Waals surface area contributed by atoms with Crippen molar-refractivity contribution in [2.24, 2.45) is 5.92 Å². The highest BCUT2D eigenvalue weighted by molar-refractivity contribution is 9.10. The van der Waals surface area contributed by atoms with Gasteiger partial charge in [-0.1, -0.05) is 12.1 Å². The lowest BCUT2D eigenvalue weighted by Crippen LogP contribution is -2.29. The molecule has 1 aromatic carbocycles. The topological polar surface area (TPSA) is 12.5 Å². The Balaban J connectivity index is 1.90. The van der Waals surface area contributed by atoms with Crippen LogP contribution in [0.1, 0.15) is 18.4 Å². The van der Waals surface area contributed by atoms with Gasteiger partial charge in [-0.15, -0.1) is 0 Å². The highest BCUT2D eigenvalue weighted by atomic mass is 79.9. The zero-order valence-electron chi connectivity index (χ0n) is 10.7. The number of benzene rings is 1. The van der Waals surface area contributed by atoms with Crippen LogP contribution in [-0.2, 0) is 11.3 Å². The van der Waals surface area contributed by atoms with Crippen LogP contribution in [0.2, 0.25) is 0 Å². The molecule has 0 atom stereocenters. The Kier molecular flexibility index (Phi) is 5.15. The van der Waals surface area contributed by atoms with E-state index in [1.165, 1.54) is 6.07 Å². The minimum absolute atomic E-state index is 0.188. The van der Waals surface area contributed by atoms with E-state index in [0.717, 1.165) is 44.7 Å². The van der Waals surface area contributed by atoms with Crippen molar-refractivity contribution in [1.29, 1.82) is 0 Å². The molecule has 1 aliphatic rings. The first-order valence-corrected chi connectivity index (χ1v) is 7.15. The fraction of sp³-hybridized carbons (Fsp3) is 0.571. The lowest BCUT2D eigenvalue weighted by Gasteiger charge is -2.27. The summed E-state index contributed by atoms with van der Waals surface area (Å²) in [4.78, 5) is 2.26. The monoisotopic (exact) mass is 315 g/mol. The normalized spacial score (nSPS) is 17.3. The van der Waals surface area contributed by atoms with Gasteiger partial charge >= 0.3 is 0 Å². The molecule has 1 aromatic rings. The van der Waals surface area contributed by atoms with Crippen molar-refractivity contribution < 1.29 is 9.13 Å². The van der Waals surface area contributed by atoms with Gasteiger partial charge in [0.05, 0.1) is 4.47 Å². The zero-order chi connectivity index (χ0) is 13.0. The summed E-state index contributed by atoms with van der Waals surface area (Å²) in [5.74, 6) is 0.517. The van der Waals surface area contributed by atoms with E-state index >= 15 is 0 Å². The summed E-state index contributed by atoms with van der Waals surface area (Å²) in [6.45, 7) is 3.58. The summed E-state index contributed by atoms with van der Waals surface area (Å²) in [6, 6.07) is 5.21. The van der Waals surface area contributed by atoms with Crippen molar-refractivity contribution in [3.05, 3.63) is 34.1 Å². The molecule has 0 bridgehead atoms. The third-order valence-corrected chi connectivity index (χ3v) is 4.27. The Morgan fingerprint density at radius 2 is 2.11 bits per heavy atom. The van der Waals surface area contributed by atoms with Gasteiger partial charge in [-0.25, -0.2) is 4.39 Å². The molecular weight excluding hydrogens is 297 g/mol. The average molecular weight is 316 g/mol. The predicted molar refractivity (Wildman–Crippen MR) is 74.0 cm³/mol. The molecule has 0 spiro atoms. The van der Waals surface area contributed by atoms with E-state index < -0.39 is 0 Å². The van der Waals surface area contributed by atoms with Crippen LogP contribution in [0.4, 0.5) is 4.39 Å². The van der Waals surface area contributed by atoms with Crippen LogP contribution in [0.25, 0.3) is 0 Å². The van der Waals surface area contributed by atoms with E-state index in [0.29, 0.717) is 10.4 Å². The Hall–Kier alpha value is -0.450. The molecular formula is C14H19BrFNO. The van der Waals surface area contributed by atoms with Gasteiger partial charge in [0.25, 0.3) is 0 Å². The van der Waals surface area contributed by atoms with Gasteiger partial charge in [0.2, 0.25) is 0 Å². The van der Waals surface area contributed by atoms with Crippen LogP contribution in [0.5, 0.6) is 0 Å². The van der Waals surface area contributed by atoms with E-state index in [1.54, 1.807) is 6.07 Å². The highest BCUT2D eigenvalue weighted by Gasteiger charge is 2.16. The van der Waals surface area contributed by atoms with Crippen molar-refractivity contribution >= 4 is 15.9 Å². The van der Waals surface area contributed by atoms with Crippen LogP contribution in [0.15, 0.2) is 22.7 Å². The van der Waals surface area contributed by atoms with Crippen molar-refractivity contribution in [3.8, 4) is 0 Å². The van der Waals surface area contributed by atoms with E-state index in [9.17, 15) is 4.39 Å². The SMILES string of the molecule is CN(Cc1cccc(F)c1Br)CC1CCOCC1. The van der Waals surface area contributed by atoms with E-state index in [1.807, 2.05) is 6.07 Å². The lowest BCUT2D eigenvalue weighted by molar-refractivity contribution is 0.0549. The minimum atomic E-state index is -0.188. The summed E-state index contributed by atoms with van der Waals surface area (Å²) < 4.78 is 19.4. The van der Waals surface area contributed by atoms with Gasteiger partial charge in [-0.05, 0) is 53.4 Å². The Morgan fingerprint density at radius 3 is 2.83 bits per heavy atom. The Labute approximate surface area is 116 Å².